The minimum atomic E-state index is -0.413. The molecule has 1 aliphatic rings. The molecule has 1 aromatic carbocycles. The molecular weight excluding hydrogens is 332 g/mol. The van der Waals surface area contributed by atoms with Crippen LogP contribution >= 0.6 is 15.9 Å². The van der Waals surface area contributed by atoms with Crippen molar-refractivity contribution in [1.29, 1.82) is 0 Å². The molecule has 0 amide bonds. The van der Waals surface area contributed by atoms with E-state index in [1.54, 1.807) is 10.7 Å². The van der Waals surface area contributed by atoms with Crippen molar-refractivity contribution in [1.82, 2.24) is 14.6 Å². The van der Waals surface area contributed by atoms with Gasteiger partial charge in [-0.1, -0.05) is 24.3 Å². The molecule has 0 spiro atoms. The van der Waals surface area contributed by atoms with Gasteiger partial charge in [-0.25, -0.2) is 9.50 Å². The number of aliphatic hydroxyl groups is 1. The van der Waals surface area contributed by atoms with Gasteiger partial charge in [-0.3, -0.25) is 0 Å². The summed E-state index contributed by atoms with van der Waals surface area (Å²) in [4.78, 5) is 4.56. The SMILES string of the molecule is OC1CC(Nc2ccn3ncc(Br)c3n2)c2ccccc21. The van der Waals surface area contributed by atoms with Gasteiger partial charge >= 0.3 is 0 Å². The minimum absolute atomic E-state index is 0.0767. The van der Waals surface area contributed by atoms with Gasteiger partial charge in [0.15, 0.2) is 5.65 Å². The lowest BCUT2D eigenvalue weighted by molar-refractivity contribution is 0.175. The van der Waals surface area contributed by atoms with Crippen LogP contribution in [0.5, 0.6) is 0 Å². The van der Waals surface area contributed by atoms with Gasteiger partial charge in [0.25, 0.3) is 0 Å². The van der Waals surface area contributed by atoms with E-state index < -0.39 is 6.10 Å². The molecular formula is C15H13BrN4O. The molecule has 2 unspecified atom stereocenters. The number of nitrogens with zero attached hydrogens (tertiary/aromatic N) is 3. The van der Waals surface area contributed by atoms with Crippen molar-refractivity contribution >= 4 is 27.4 Å². The van der Waals surface area contributed by atoms with E-state index in [0.29, 0.717) is 6.42 Å². The predicted molar refractivity (Wildman–Crippen MR) is 83.1 cm³/mol. The molecule has 5 nitrogen and oxygen atoms in total. The summed E-state index contributed by atoms with van der Waals surface area (Å²) in [5.74, 6) is 0.776. The Bertz CT molecular complexity index is 816. The molecule has 21 heavy (non-hydrogen) atoms. The van der Waals surface area contributed by atoms with Crippen molar-refractivity contribution in [2.45, 2.75) is 18.6 Å². The standard InChI is InChI=1S/C15H13BrN4O/c16-11-8-17-20-6-5-14(19-15(11)20)18-12-7-13(21)10-4-2-1-3-9(10)12/h1-6,8,12-13,21H,7H2,(H,18,19). The molecule has 4 rings (SSSR count). The first-order chi connectivity index (χ1) is 10.2. The van der Waals surface area contributed by atoms with Crippen LogP contribution in [-0.2, 0) is 0 Å². The zero-order valence-corrected chi connectivity index (χ0v) is 12.7. The minimum Gasteiger partial charge on any atom is -0.388 e. The van der Waals surface area contributed by atoms with Gasteiger partial charge in [-0.05, 0) is 33.1 Å². The maximum absolute atomic E-state index is 10.1. The first-order valence-electron chi connectivity index (χ1n) is 6.75. The van der Waals surface area contributed by atoms with Crippen LogP contribution in [0.3, 0.4) is 0 Å². The number of anilines is 1. The van der Waals surface area contributed by atoms with Gasteiger partial charge in [0, 0.05) is 12.6 Å². The maximum Gasteiger partial charge on any atom is 0.171 e. The van der Waals surface area contributed by atoms with Gasteiger partial charge in [-0.2, -0.15) is 5.10 Å². The van der Waals surface area contributed by atoms with Crippen molar-refractivity contribution in [2.24, 2.45) is 0 Å². The van der Waals surface area contributed by atoms with Gasteiger partial charge in [0.1, 0.15) is 5.82 Å². The fourth-order valence-electron chi connectivity index (χ4n) is 2.85. The number of aromatic nitrogens is 3. The monoisotopic (exact) mass is 344 g/mol. The van der Waals surface area contributed by atoms with Crippen molar-refractivity contribution in [3.8, 4) is 0 Å². The second-order valence-corrected chi connectivity index (χ2v) is 6.01. The number of hydrogen-bond acceptors (Lipinski definition) is 4. The number of aliphatic hydroxyl groups excluding tert-OH is 1. The van der Waals surface area contributed by atoms with Crippen LogP contribution in [0.4, 0.5) is 5.82 Å². The van der Waals surface area contributed by atoms with Gasteiger partial charge < -0.3 is 10.4 Å². The van der Waals surface area contributed by atoms with Crippen molar-refractivity contribution < 1.29 is 5.11 Å². The first kappa shape index (κ1) is 12.8. The highest BCUT2D eigenvalue weighted by atomic mass is 79.9. The molecule has 0 fully saturated rings. The van der Waals surface area contributed by atoms with E-state index in [4.69, 9.17) is 0 Å². The Hall–Kier alpha value is -1.92. The molecule has 0 bridgehead atoms. The normalized spacial score (nSPS) is 20.7. The molecule has 3 aromatic rings. The lowest BCUT2D eigenvalue weighted by Gasteiger charge is -2.14. The summed E-state index contributed by atoms with van der Waals surface area (Å²) < 4.78 is 2.57. The molecule has 0 aliphatic heterocycles. The van der Waals surface area contributed by atoms with Gasteiger partial charge in [-0.15, -0.1) is 0 Å². The number of halogens is 1. The fraction of sp³-hybridized carbons (Fsp3) is 0.200. The Morgan fingerprint density at radius 1 is 1.24 bits per heavy atom. The average Bonchev–Trinajstić information content (AvgIpc) is 3.02. The molecule has 2 aromatic heterocycles. The number of hydrogen-bond donors (Lipinski definition) is 2. The van der Waals surface area contributed by atoms with Crippen LogP contribution in [0.2, 0.25) is 0 Å². The van der Waals surface area contributed by atoms with E-state index in [1.807, 2.05) is 30.5 Å². The lowest BCUT2D eigenvalue weighted by Crippen LogP contribution is -2.09. The molecule has 2 heterocycles. The summed E-state index contributed by atoms with van der Waals surface area (Å²) in [5.41, 5.74) is 2.91. The quantitative estimate of drug-likeness (QED) is 0.749. The van der Waals surface area contributed by atoms with E-state index in [2.05, 4.69) is 37.4 Å². The Morgan fingerprint density at radius 3 is 2.90 bits per heavy atom. The predicted octanol–water partition coefficient (Wildman–Crippen LogP) is 3.08. The number of fused-ring (bicyclic) bond motifs is 2. The van der Waals surface area contributed by atoms with Crippen LogP contribution in [-0.4, -0.2) is 19.7 Å². The molecule has 2 N–H and O–H groups in total. The summed E-state index contributed by atoms with van der Waals surface area (Å²) in [6, 6.07) is 9.95. The molecule has 0 radical (unpaired) electrons. The van der Waals surface area contributed by atoms with E-state index in [0.717, 1.165) is 27.1 Å². The summed E-state index contributed by atoms with van der Waals surface area (Å²) in [5, 5.41) is 17.7. The second-order valence-electron chi connectivity index (χ2n) is 5.15. The van der Waals surface area contributed by atoms with Gasteiger partial charge in [0.2, 0.25) is 0 Å². The summed E-state index contributed by atoms with van der Waals surface area (Å²) in [7, 11) is 0. The van der Waals surface area contributed by atoms with E-state index in [1.165, 1.54) is 0 Å². The zero-order chi connectivity index (χ0) is 14.4. The zero-order valence-electron chi connectivity index (χ0n) is 11.1. The Morgan fingerprint density at radius 2 is 2.05 bits per heavy atom. The highest BCUT2D eigenvalue weighted by molar-refractivity contribution is 9.10. The second kappa shape index (κ2) is 4.82. The maximum atomic E-state index is 10.1. The molecule has 6 heteroatoms. The highest BCUT2D eigenvalue weighted by Gasteiger charge is 2.29. The van der Waals surface area contributed by atoms with Crippen LogP contribution in [0.1, 0.15) is 29.7 Å². The topological polar surface area (TPSA) is 62.5 Å². The van der Waals surface area contributed by atoms with Crippen LogP contribution in [0, 0.1) is 0 Å². The summed E-state index contributed by atoms with van der Waals surface area (Å²) in [6.45, 7) is 0. The third kappa shape index (κ3) is 2.11. The Kier molecular flexibility index (Phi) is 2.94. The highest BCUT2D eigenvalue weighted by Crippen LogP contribution is 2.40. The van der Waals surface area contributed by atoms with Crippen LogP contribution in [0.15, 0.2) is 47.2 Å². The van der Waals surface area contributed by atoms with E-state index in [-0.39, 0.29) is 6.04 Å². The van der Waals surface area contributed by atoms with Crippen molar-refractivity contribution in [2.75, 3.05) is 5.32 Å². The van der Waals surface area contributed by atoms with E-state index >= 15 is 0 Å². The van der Waals surface area contributed by atoms with Gasteiger partial charge in [0.05, 0.1) is 22.8 Å². The molecule has 106 valence electrons. The number of benzene rings is 1. The lowest BCUT2D eigenvalue weighted by atomic mass is 10.1. The molecule has 2 atom stereocenters. The molecule has 0 saturated carbocycles. The molecule has 1 aliphatic carbocycles. The third-order valence-corrected chi connectivity index (χ3v) is 4.40. The van der Waals surface area contributed by atoms with Crippen molar-refractivity contribution in [3.05, 3.63) is 58.3 Å². The van der Waals surface area contributed by atoms with E-state index in [9.17, 15) is 5.11 Å². The number of rotatable bonds is 2. The molecule has 0 saturated heterocycles. The Labute approximate surface area is 129 Å². The van der Waals surface area contributed by atoms with Crippen LogP contribution < -0.4 is 5.32 Å². The Balaban J connectivity index is 1.68. The fourth-order valence-corrected chi connectivity index (χ4v) is 3.21. The van der Waals surface area contributed by atoms with Crippen molar-refractivity contribution in [3.63, 3.8) is 0 Å². The summed E-state index contributed by atoms with van der Waals surface area (Å²) in [6.07, 6.45) is 3.84. The largest absolute Gasteiger partial charge is 0.388 e. The van der Waals surface area contributed by atoms with Crippen LogP contribution in [0.25, 0.3) is 5.65 Å². The first-order valence-corrected chi connectivity index (χ1v) is 7.55. The third-order valence-electron chi connectivity index (χ3n) is 3.84. The average molecular weight is 345 g/mol. The summed E-state index contributed by atoms with van der Waals surface area (Å²) >= 11 is 3.44. The number of nitrogens with one attached hydrogen (secondary N) is 1. The smallest absolute Gasteiger partial charge is 0.171 e.